The van der Waals surface area contributed by atoms with Gasteiger partial charge >= 0.3 is 0 Å². The van der Waals surface area contributed by atoms with E-state index in [0.29, 0.717) is 13.2 Å². The Labute approximate surface area is 149 Å². The predicted molar refractivity (Wildman–Crippen MR) is 94.6 cm³/mol. The second kappa shape index (κ2) is 6.71. The molecule has 110 valence electrons. The number of hydrogen-bond donors (Lipinski definition) is 0. The minimum atomic E-state index is 0.212. The molecule has 0 aliphatic carbocycles. The van der Waals surface area contributed by atoms with Crippen LogP contribution in [0.4, 0.5) is 0 Å². The Balaban J connectivity index is 1.83. The van der Waals surface area contributed by atoms with Gasteiger partial charge in [0.15, 0.2) is 11.5 Å². The lowest BCUT2D eigenvalue weighted by molar-refractivity contribution is 0.171. The fourth-order valence-corrected chi connectivity index (χ4v) is 4.18. The van der Waals surface area contributed by atoms with Gasteiger partial charge in [0, 0.05) is 13.8 Å². The standard InChI is InChI=1S/C16H13Br3O2/c17-11-3-1-10(2-4-11)7-13(18)12-8-15-16(9-14(12)19)21-6-5-20-15/h1-4,8-9,13H,5-7H2. The van der Waals surface area contributed by atoms with E-state index in [4.69, 9.17) is 9.47 Å². The van der Waals surface area contributed by atoms with Gasteiger partial charge in [-0.15, -0.1) is 0 Å². The first-order valence-corrected chi connectivity index (χ1v) is 9.11. The molecule has 1 aliphatic rings. The van der Waals surface area contributed by atoms with Gasteiger partial charge < -0.3 is 9.47 Å². The summed E-state index contributed by atoms with van der Waals surface area (Å²) in [4.78, 5) is 0.212. The Kier molecular flexibility index (Phi) is 4.92. The van der Waals surface area contributed by atoms with E-state index in [2.05, 4.69) is 78.1 Å². The molecule has 1 aliphatic heterocycles. The summed E-state index contributed by atoms with van der Waals surface area (Å²) in [5, 5.41) is 0. The molecule has 2 aromatic carbocycles. The van der Waals surface area contributed by atoms with Crippen LogP contribution in [0, 0.1) is 0 Å². The number of rotatable bonds is 3. The van der Waals surface area contributed by atoms with E-state index in [1.165, 1.54) is 11.1 Å². The number of benzene rings is 2. The summed E-state index contributed by atoms with van der Waals surface area (Å²) in [5.74, 6) is 1.62. The summed E-state index contributed by atoms with van der Waals surface area (Å²) in [6.45, 7) is 1.21. The summed E-state index contributed by atoms with van der Waals surface area (Å²) < 4.78 is 13.4. The molecule has 1 unspecified atom stereocenters. The fourth-order valence-electron chi connectivity index (χ4n) is 2.26. The van der Waals surface area contributed by atoms with Gasteiger partial charge in [0.1, 0.15) is 13.2 Å². The second-order valence-electron chi connectivity index (χ2n) is 4.82. The molecule has 21 heavy (non-hydrogen) atoms. The summed E-state index contributed by atoms with van der Waals surface area (Å²) >= 11 is 10.9. The lowest BCUT2D eigenvalue weighted by atomic mass is 10.0. The second-order valence-corrected chi connectivity index (χ2v) is 7.69. The van der Waals surface area contributed by atoms with Gasteiger partial charge in [-0.1, -0.05) is 59.9 Å². The topological polar surface area (TPSA) is 18.5 Å². The Morgan fingerprint density at radius 3 is 2.24 bits per heavy atom. The van der Waals surface area contributed by atoms with Gasteiger partial charge in [-0.05, 0) is 41.8 Å². The molecule has 3 rings (SSSR count). The van der Waals surface area contributed by atoms with Crippen molar-refractivity contribution in [3.63, 3.8) is 0 Å². The van der Waals surface area contributed by atoms with Crippen LogP contribution in [0.3, 0.4) is 0 Å². The van der Waals surface area contributed by atoms with E-state index in [-0.39, 0.29) is 4.83 Å². The van der Waals surface area contributed by atoms with Crippen molar-refractivity contribution in [2.75, 3.05) is 13.2 Å². The van der Waals surface area contributed by atoms with Crippen molar-refractivity contribution >= 4 is 47.8 Å². The zero-order valence-electron chi connectivity index (χ0n) is 11.1. The van der Waals surface area contributed by atoms with E-state index < -0.39 is 0 Å². The van der Waals surface area contributed by atoms with Crippen LogP contribution in [0.1, 0.15) is 16.0 Å². The minimum absolute atomic E-state index is 0.212. The van der Waals surface area contributed by atoms with E-state index in [1.54, 1.807) is 0 Å². The van der Waals surface area contributed by atoms with Crippen LogP contribution < -0.4 is 9.47 Å². The molecule has 0 saturated heterocycles. The summed E-state index contributed by atoms with van der Waals surface area (Å²) in [6, 6.07) is 12.4. The molecule has 2 aromatic rings. The molecule has 0 amide bonds. The lowest BCUT2D eigenvalue weighted by Gasteiger charge is -2.21. The third-order valence-electron chi connectivity index (χ3n) is 3.33. The van der Waals surface area contributed by atoms with E-state index in [0.717, 1.165) is 26.9 Å². The normalized spacial score (nSPS) is 14.8. The first kappa shape index (κ1) is 15.4. The minimum Gasteiger partial charge on any atom is -0.486 e. The Hall–Kier alpha value is -0.520. The molecule has 0 N–H and O–H groups in total. The quantitative estimate of drug-likeness (QED) is 0.532. The molecule has 5 heteroatoms. The van der Waals surface area contributed by atoms with Crippen molar-refractivity contribution in [2.24, 2.45) is 0 Å². The average molecular weight is 477 g/mol. The van der Waals surface area contributed by atoms with Crippen LogP contribution in [0.2, 0.25) is 0 Å². The van der Waals surface area contributed by atoms with Crippen molar-refractivity contribution in [2.45, 2.75) is 11.2 Å². The lowest BCUT2D eigenvalue weighted by Crippen LogP contribution is -2.15. The zero-order chi connectivity index (χ0) is 14.8. The highest BCUT2D eigenvalue weighted by Crippen LogP contribution is 2.41. The zero-order valence-corrected chi connectivity index (χ0v) is 15.9. The van der Waals surface area contributed by atoms with Gasteiger partial charge in [0.05, 0.1) is 0 Å². The molecule has 1 heterocycles. The number of fused-ring (bicyclic) bond motifs is 1. The molecule has 2 nitrogen and oxygen atoms in total. The van der Waals surface area contributed by atoms with Gasteiger partial charge in [-0.2, -0.15) is 0 Å². The highest BCUT2D eigenvalue weighted by Gasteiger charge is 2.19. The molecule has 1 atom stereocenters. The van der Waals surface area contributed by atoms with Gasteiger partial charge in [0.25, 0.3) is 0 Å². The molecule has 0 bridgehead atoms. The van der Waals surface area contributed by atoms with Crippen molar-refractivity contribution in [3.05, 3.63) is 56.5 Å². The largest absolute Gasteiger partial charge is 0.486 e. The van der Waals surface area contributed by atoms with Crippen LogP contribution in [0.25, 0.3) is 0 Å². The van der Waals surface area contributed by atoms with Crippen LogP contribution in [-0.2, 0) is 6.42 Å². The summed E-state index contributed by atoms with van der Waals surface area (Å²) in [6.07, 6.45) is 0.908. The third kappa shape index (κ3) is 3.63. The van der Waals surface area contributed by atoms with Gasteiger partial charge in [0.2, 0.25) is 0 Å². The SMILES string of the molecule is Brc1ccc(CC(Br)c2cc3c(cc2Br)OCCO3)cc1. The van der Waals surface area contributed by atoms with Crippen LogP contribution >= 0.6 is 47.8 Å². The number of ether oxygens (including phenoxy) is 2. The first-order valence-electron chi connectivity index (χ1n) is 6.61. The maximum Gasteiger partial charge on any atom is 0.162 e. The van der Waals surface area contributed by atoms with Gasteiger partial charge in [-0.25, -0.2) is 0 Å². The molecule has 0 radical (unpaired) electrons. The maximum absolute atomic E-state index is 5.66. The molecule has 0 fully saturated rings. The first-order chi connectivity index (χ1) is 10.1. The maximum atomic E-state index is 5.66. The smallest absolute Gasteiger partial charge is 0.162 e. The van der Waals surface area contributed by atoms with E-state index in [9.17, 15) is 0 Å². The van der Waals surface area contributed by atoms with Gasteiger partial charge in [-0.3, -0.25) is 0 Å². The molecular formula is C16H13Br3O2. The third-order valence-corrected chi connectivity index (χ3v) is 5.36. The fraction of sp³-hybridized carbons (Fsp3) is 0.250. The summed E-state index contributed by atoms with van der Waals surface area (Å²) in [7, 11) is 0. The highest BCUT2D eigenvalue weighted by molar-refractivity contribution is 9.11. The van der Waals surface area contributed by atoms with Crippen LogP contribution in [0.5, 0.6) is 11.5 Å². The van der Waals surface area contributed by atoms with E-state index in [1.807, 2.05) is 6.07 Å². The molecule has 0 spiro atoms. The Morgan fingerprint density at radius 1 is 0.952 bits per heavy atom. The Morgan fingerprint density at radius 2 is 1.57 bits per heavy atom. The van der Waals surface area contributed by atoms with E-state index >= 15 is 0 Å². The monoisotopic (exact) mass is 474 g/mol. The average Bonchev–Trinajstić information content (AvgIpc) is 2.49. The predicted octanol–water partition coefficient (Wildman–Crippen LogP) is 5.66. The number of halogens is 3. The number of alkyl halides is 1. The summed E-state index contributed by atoms with van der Waals surface area (Å²) in [5.41, 5.74) is 2.45. The Bertz CT molecular complexity index is 641. The van der Waals surface area contributed by atoms with Crippen molar-refractivity contribution in [3.8, 4) is 11.5 Å². The van der Waals surface area contributed by atoms with Crippen LogP contribution in [-0.4, -0.2) is 13.2 Å². The van der Waals surface area contributed by atoms with Crippen molar-refractivity contribution in [1.82, 2.24) is 0 Å². The van der Waals surface area contributed by atoms with Crippen LogP contribution in [0.15, 0.2) is 45.3 Å². The number of hydrogen-bond acceptors (Lipinski definition) is 2. The molecule has 0 saturated carbocycles. The molecular weight excluding hydrogens is 464 g/mol. The molecule has 0 aromatic heterocycles. The highest BCUT2D eigenvalue weighted by atomic mass is 79.9. The van der Waals surface area contributed by atoms with Crippen molar-refractivity contribution < 1.29 is 9.47 Å². The van der Waals surface area contributed by atoms with Crippen molar-refractivity contribution in [1.29, 1.82) is 0 Å².